The second kappa shape index (κ2) is 16.6. The average molecular weight is 650 g/mol. The highest BCUT2D eigenvalue weighted by Gasteiger charge is 2.21. The molecule has 0 saturated carbocycles. The number of benzene rings is 2. The van der Waals surface area contributed by atoms with Gasteiger partial charge in [-0.2, -0.15) is 0 Å². The average Bonchev–Trinajstić information content (AvgIpc) is 3.13. The molecule has 0 unspecified atom stereocenters. The van der Waals surface area contributed by atoms with Crippen LogP contribution >= 0.6 is 72.8 Å². The molecule has 212 valence electrons. The van der Waals surface area contributed by atoms with E-state index in [2.05, 4.69) is 20.1 Å². The molecular weight excluding hydrogens is 618 g/mol. The number of rotatable bonds is 7. The van der Waals surface area contributed by atoms with Gasteiger partial charge in [0.2, 0.25) is 0 Å². The molecule has 13 heteroatoms. The Kier molecular flexibility index (Phi) is 16.0. The van der Waals surface area contributed by atoms with Crippen LogP contribution in [0.2, 0.25) is 10.0 Å². The van der Waals surface area contributed by atoms with Crippen LogP contribution in [0.4, 0.5) is 10.1 Å². The summed E-state index contributed by atoms with van der Waals surface area (Å²) < 4.78 is 15.9. The fourth-order valence-electron chi connectivity index (χ4n) is 4.38. The Morgan fingerprint density at radius 2 is 1.58 bits per heavy atom. The lowest BCUT2D eigenvalue weighted by Gasteiger charge is -2.36. The molecule has 1 aliphatic rings. The number of aryl methyl sites for hydroxylation is 1. The monoisotopic (exact) mass is 647 g/mol. The first-order chi connectivity index (χ1) is 16.4. The molecule has 2 heterocycles. The highest BCUT2D eigenvalue weighted by Crippen LogP contribution is 2.32. The molecule has 1 aliphatic heterocycles. The van der Waals surface area contributed by atoms with Crippen molar-refractivity contribution in [1.29, 1.82) is 0 Å². The number of aromatic nitrogens is 2. The van der Waals surface area contributed by atoms with Crippen molar-refractivity contribution in [3.05, 3.63) is 75.5 Å². The number of nitrogens with one attached hydrogen (secondary N) is 1. The van der Waals surface area contributed by atoms with Crippen LogP contribution in [-0.4, -0.2) is 59.6 Å². The van der Waals surface area contributed by atoms with E-state index < -0.39 is 0 Å². The molecule has 6 nitrogen and oxygen atoms in total. The van der Waals surface area contributed by atoms with E-state index in [0.29, 0.717) is 39.5 Å². The summed E-state index contributed by atoms with van der Waals surface area (Å²) in [6.45, 7) is 8.57. The molecule has 0 atom stereocenters. The zero-order valence-electron chi connectivity index (χ0n) is 21.0. The number of hydrogen-bond acceptors (Lipinski definition) is 4. The summed E-state index contributed by atoms with van der Waals surface area (Å²) in [5.74, 6) is -0.0164. The predicted molar refractivity (Wildman–Crippen MR) is 164 cm³/mol. The summed E-state index contributed by atoms with van der Waals surface area (Å²) in [4.78, 5) is 21.8. The molecule has 1 aromatic heterocycles. The molecular formula is C25H32Cl6FN5O. The Morgan fingerprint density at radius 1 is 0.947 bits per heavy atom. The van der Waals surface area contributed by atoms with Gasteiger partial charge in [-0.25, -0.2) is 9.37 Å². The van der Waals surface area contributed by atoms with Gasteiger partial charge >= 0.3 is 0 Å². The van der Waals surface area contributed by atoms with Gasteiger partial charge in [0.25, 0.3) is 5.91 Å². The fourth-order valence-corrected chi connectivity index (χ4v) is 4.80. The zero-order valence-corrected chi connectivity index (χ0v) is 25.7. The van der Waals surface area contributed by atoms with Gasteiger partial charge in [-0.05, 0) is 51.1 Å². The van der Waals surface area contributed by atoms with Crippen molar-refractivity contribution in [1.82, 2.24) is 19.8 Å². The number of halogens is 7. The van der Waals surface area contributed by atoms with Crippen LogP contribution < -0.4 is 10.2 Å². The third kappa shape index (κ3) is 8.28. The summed E-state index contributed by atoms with van der Waals surface area (Å²) in [7, 11) is 0. The number of amides is 1. The van der Waals surface area contributed by atoms with Crippen molar-refractivity contribution < 1.29 is 9.18 Å². The zero-order chi connectivity index (χ0) is 24.2. The van der Waals surface area contributed by atoms with Crippen molar-refractivity contribution in [2.24, 2.45) is 0 Å². The van der Waals surface area contributed by atoms with Gasteiger partial charge in [-0.15, -0.1) is 49.6 Å². The Balaban J connectivity index is 0.00000342. The van der Waals surface area contributed by atoms with E-state index >= 15 is 0 Å². The maximum atomic E-state index is 14.3. The first-order valence-corrected chi connectivity index (χ1v) is 12.1. The topological polar surface area (TPSA) is 53.4 Å². The van der Waals surface area contributed by atoms with E-state index in [1.807, 2.05) is 12.1 Å². The summed E-state index contributed by atoms with van der Waals surface area (Å²) in [5.41, 5.74) is 2.31. The fraction of sp³-hybridized carbons (Fsp3) is 0.360. The summed E-state index contributed by atoms with van der Waals surface area (Å²) in [6, 6.07) is 12.2. The molecule has 1 amide bonds. The van der Waals surface area contributed by atoms with E-state index in [1.54, 1.807) is 42.7 Å². The molecule has 1 N–H and O–H groups in total. The minimum Gasteiger partial charge on any atom is -0.368 e. The lowest BCUT2D eigenvalue weighted by atomic mass is 10.2. The lowest BCUT2D eigenvalue weighted by molar-refractivity contribution is 0.0946. The minimum atomic E-state index is -0.351. The van der Waals surface area contributed by atoms with Gasteiger partial charge in [0, 0.05) is 32.7 Å². The Hall–Kier alpha value is -1.45. The summed E-state index contributed by atoms with van der Waals surface area (Å²) >= 11 is 12.5. The Labute approximate surface area is 257 Å². The van der Waals surface area contributed by atoms with Crippen LogP contribution in [-0.2, 0) is 0 Å². The highest BCUT2D eigenvalue weighted by molar-refractivity contribution is 6.43. The molecule has 0 bridgehead atoms. The first kappa shape index (κ1) is 36.6. The number of para-hydroxylation sites is 1. The standard InChI is InChI=1S/C25H28Cl2FN5O.4ClH/c1-17-24(30-18(2)33(17)21-9-4-3-8-20(21)28)25(34)29-11-6-12-31-13-15-32(16-14-31)22-10-5-7-19(26)23(22)27;;;;/h3-5,7-10H,6,11-16H2,1-2H3,(H,29,34);4*1H. The summed E-state index contributed by atoms with van der Waals surface area (Å²) in [6.07, 6.45) is 0.829. The Bertz CT molecular complexity index is 1190. The third-order valence-corrected chi connectivity index (χ3v) is 6.97. The van der Waals surface area contributed by atoms with Crippen LogP contribution in [0.25, 0.3) is 5.69 Å². The van der Waals surface area contributed by atoms with E-state index in [0.717, 1.165) is 44.8 Å². The molecule has 2 aromatic carbocycles. The number of anilines is 1. The predicted octanol–water partition coefficient (Wildman–Crippen LogP) is 6.56. The van der Waals surface area contributed by atoms with Crippen molar-refractivity contribution in [3.8, 4) is 5.69 Å². The molecule has 0 aliphatic carbocycles. The van der Waals surface area contributed by atoms with E-state index in [1.165, 1.54) is 6.07 Å². The summed E-state index contributed by atoms with van der Waals surface area (Å²) in [5, 5.41) is 4.13. The molecule has 1 saturated heterocycles. The van der Waals surface area contributed by atoms with E-state index in [4.69, 9.17) is 23.2 Å². The van der Waals surface area contributed by atoms with Crippen molar-refractivity contribution in [2.45, 2.75) is 20.3 Å². The van der Waals surface area contributed by atoms with Crippen LogP contribution in [0, 0.1) is 19.7 Å². The Morgan fingerprint density at radius 3 is 2.24 bits per heavy atom. The minimum absolute atomic E-state index is 0. The van der Waals surface area contributed by atoms with Crippen LogP contribution in [0.3, 0.4) is 0 Å². The van der Waals surface area contributed by atoms with Gasteiger partial charge in [0.15, 0.2) is 0 Å². The number of carbonyl (C=O) groups is 1. The maximum absolute atomic E-state index is 14.3. The van der Waals surface area contributed by atoms with Crippen molar-refractivity contribution >= 4 is 84.4 Å². The molecule has 0 radical (unpaired) electrons. The lowest BCUT2D eigenvalue weighted by Crippen LogP contribution is -2.47. The second-order valence-electron chi connectivity index (χ2n) is 8.39. The second-order valence-corrected chi connectivity index (χ2v) is 9.18. The number of nitrogens with zero attached hydrogens (tertiary/aromatic N) is 4. The highest BCUT2D eigenvalue weighted by atomic mass is 35.5. The number of hydrogen-bond donors (Lipinski definition) is 1. The van der Waals surface area contributed by atoms with Gasteiger partial charge < -0.3 is 10.2 Å². The van der Waals surface area contributed by atoms with E-state index in [9.17, 15) is 9.18 Å². The van der Waals surface area contributed by atoms with E-state index in [-0.39, 0.29) is 61.4 Å². The van der Waals surface area contributed by atoms with Gasteiger partial charge in [0.1, 0.15) is 17.3 Å². The van der Waals surface area contributed by atoms with Crippen LogP contribution in [0.5, 0.6) is 0 Å². The van der Waals surface area contributed by atoms with Crippen molar-refractivity contribution in [2.75, 3.05) is 44.2 Å². The molecule has 4 rings (SSSR count). The normalized spacial score (nSPS) is 12.9. The SMILES string of the molecule is Cc1nc(C(=O)NCCCN2CCN(c3cccc(Cl)c3Cl)CC2)c(C)n1-c1ccccc1F.Cl.Cl.Cl.Cl. The first-order valence-electron chi connectivity index (χ1n) is 11.4. The van der Waals surface area contributed by atoms with Crippen molar-refractivity contribution in [3.63, 3.8) is 0 Å². The van der Waals surface area contributed by atoms with Gasteiger partial charge in [-0.3, -0.25) is 14.3 Å². The van der Waals surface area contributed by atoms with Gasteiger partial charge in [-0.1, -0.05) is 41.4 Å². The number of piperazine rings is 1. The third-order valence-electron chi connectivity index (χ3n) is 6.16. The number of imidazole rings is 1. The van der Waals surface area contributed by atoms with Crippen LogP contribution in [0.1, 0.15) is 28.4 Å². The molecule has 38 heavy (non-hydrogen) atoms. The largest absolute Gasteiger partial charge is 0.368 e. The van der Waals surface area contributed by atoms with Gasteiger partial charge in [0.05, 0.1) is 27.1 Å². The molecule has 1 fully saturated rings. The molecule has 3 aromatic rings. The number of carbonyl (C=O) groups excluding carboxylic acids is 1. The smallest absolute Gasteiger partial charge is 0.271 e. The molecule has 0 spiro atoms. The van der Waals surface area contributed by atoms with Crippen LogP contribution in [0.15, 0.2) is 42.5 Å². The quantitative estimate of drug-likeness (QED) is 0.295. The maximum Gasteiger partial charge on any atom is 0.271 e.